The van der Waals surface area contributed by atoms with Gasteiger partial charge in [0, 0.05) is 29.0 Å². The highest BCUT2D eigenvalue weighted by atomic mass is 79.9. The molecular formula is C14H14BrNO2. The van der Waals surface area contributed by atoms with E-state index in [4.69, 9.17) is 5.11 Å². The van der Waals surface area contributed by atoms with Gasteiger partial charge in [-0.05, 0) is 42.5 Å². The van der Waals surface area contributed by atoms with Crippen LogP contribution in [0.15, 0.2) is 22.8 Å². The van der Waals surface area contributed by atoms with Crippen molar-refractivity contribution < 1.29 is 9.90 Å². The molecule has 3 rings (SSSR count). The average Bonchev–Trinajstić information content (AvgIpc) is 2.66. The molecule has 94 valence electrons. The molecule has 0 unspecified atom stereocenters. The molecule has 0 radical (unpaired) electrons. The zero-order valence-corrected chi connectivity index (χ0v) is 11.5. The van der Waals surface area contributed by atoms with Crippen LogP contribution < -0.4 is 0 Å². The monoisotopic (exact) mass is 307 g/mol. The second-order valence-electron chi connectivity index (χ2n) is 4.81. The fourth-order valence-electron chi connectivity index (χ4n) is 2.81. The molecule has 1 aromatic carbocycles. The summed E-state index contributed by atoms with van der Waals surface area (Å²) in [6, 6.07) is 4.29. The van der Waals surface area contributed by atoms with E-state index in [0.29, 0.717) is 6.42 Å². The van der Waals surface area contributed by atoms with E-state index in [9.17, 15) is 4.79 Å². The van der Waals surface area contributed by atoms with Crippen molar-refractivity contribution in [3.63, 3.8) is 0 Å². The molecule has 0 amide bonds. The van der Waals surface area contributed by atoms with E-state index in [-0.39, 0.29) is 6.42 Å². The van der Waals surface area contributed by atoms with Crippen LogP contribution in [0.5, 0.6) is 0 Å². The summed E-state index contributed by atoms with van der Waals surface area (Å²) < 4.78 is 3.36. The SMILES string of the molecule is O=C(O)CCc1cn2c3c(cc(Br)cc13)CCC2. The van der Waals surface area contributed by atoms with Crippen molar-refractivity contribution >= 4 is 32.8 Å². The van der Waals surface area contributed by atoms with Crippen molar-refractivity contribution in [3.05, 3.63) is 33.9 Å². The molecule has 0 bridgehead atoms. The lowest BCUT2D eigenvalue weighted by molar-refractivity contribution is -0.136. The number of aryl methyl sites for hydroxylation is 3. The summed E-state index contributed by atoms with van der Waals surface area (Å²) in [5.74, 6) is -0.735. The predicted molar refractivity (Wildman–Crippen MR) is 73.9 cm³/mol. The minimum absolute atomic E-state index is 0.195. The summed E-state index contributed by atoms with van der Waals surface area (Å²) in [4.78, 5) is 10.7. The van der Waals surface area contributed by atoms with Gasteiger partial charge in [0.25, 0.3) is 0 Å². The van der Waals surface area contributed by atoms with Crippen LogP contribution in [0.2, 0.25) is 0 Å². The van der Waals surface area contributed by atoms with Crippen LogP contribution in [0.3, 0.4) is 0 Å². The summed E-state index contributed by atoms with van der Waals surface area (Å²) in [5, 5.41) is 10.0. The molecule has 1 N–H and O–H groups in total. The number of halogens is 1. The minimum atomic E-state index is -0.735. The fraction of sp³-hybridized carbons (Fsp3) is 0.357. The third kappa shape index (κ3) is 1.94. The summed E-state index contributed by atoms with van der Waals surface area (Å²) >= 11 is 3.55. The first kappa shape index (κ1) is 11.8. The number of hydrogen-bond donors (Lipinski definition) is 1. The lowest BCUT2D eigenvalue weighted by Gasteiger charge is -2.15. The van der Waals surface area contributed by atoms with Crippen molar-refractivity contribution in [3.8, 4) is 0 Å². The van der Waals surface area contributed by atoms with Gasteiger partial charge >= 0.3 is 5.97 Å². The van der Waals surface area contributed by atoms with Crippen LogP contribution in [0.25, 0.3) is 10.9 Å². The van der Waals surface area contributed by atoms with E-state index in [2.05, 4.69) is 38.8 Å². The van der Waals surface area contributed by atoms with Gasteiger partial charge in [0.05, 0.1) is 5.52 Å². The van der Waals surface area contributed by atoms with Gasteiger partial charge in [-0.1, -0.05) is 15.9 Å². The molecule has 0 saturated carbocycles. The highest BCUT2D eigenvalue weighted by Gasteiger charge is 2.17. The molecule has 0 saturated heterocycles. The van der Waals surface area contributed by atoms with Crippen molar-refractivity contribution in [1.29, 1.82) is 0 Å². The smallest absolute Gasteiger partial charge is 0.303 e. The molecule has 0 spiro atoms. The molecule has 4 heteroatoms. The first-order valence-corrected chi connectivity index (χ1v) is 6.96. The standard InChI is InChI=1S/C14H14BrNO2/c15-11-6-9-2-1-5-16-8-10(3-4-13(17)18)12(7-11)14(9)16/h6-8H,1-5H2,(H,17,18). The highest BCUT2D eigenvalue weighted by Crippen LogP contribution is 2.33. The number of carboxylic acid groups (broad SMARTS) is 1. The molecule has 0 atom stereocenters. The van der Waals surface area contributed by atoms with Crippen LogP contribution in [0.4, 0.5) is 0 Å². The first-order chi connectivity index (χ1) is 8.65. The third-order valence-electron chi connectivity index (χ3n) is 3.55. The Morgan fingerprint density at radius 1 is 1.44 bits per heavy atom. The Bertz CT molecular complexity index is 630. The van der Waals surface area contributed by atoms with Crippen LogP contribution in [0.1, 0.15) is 24.0 Å². The highest BCUT2D eigenvalue weighted by molar-refractivity contribution is 9.10. The molecule has 2 heterocycles. The number of aromatic nitrogens is 1. The Kier molecular flexibility index (Phi) is 2.90. The average molecular weight is 308 g/mol. The second-order valence-corrected chi connectivity index (χ2v) is 5.72. The van der Waals surface area contributed by atoms with Crippen molar-refractivity contribution in [2.24, 2.45) is 0 Å². The van der Waals surface area contributed by atoms with Gasteiger partial charge < -0.3 is 9.67 Å². The van der Waals surface area contributed by atoms with E-state index < -0.39 is 5.97 Å². The molecular weight excluding hydrogens is 294 g/mol. The van der Waals surface area contributed by atoms with Gasteiger partial charge in [0.15, 0.2) is 0 Å². The van der Waals surface area contributed by atoms with E-state index in [1.165, 1.54) is 16.5 Å². The predicted octanol–water partition coefficient (Wildman–Crippen LogP) is 3.37. The van der Waals surface area contributed by atoms with E-state index in [1.54, 1.807) is 0 Å². The van der Waals surface area contributed by atoms with Crippen molar-refractivity contribution in [2.45, 2.75) is 32.2 Å². The zero-order chi connectivity index (χ0) is 12.7. The van der Waals surface area contributed by atoms with Gasteiger partial charge in [-0.3, -0.25) is 4.79 Å². The Balaban J connectivity index is 2.13. The van der Waals surface area contributed by atoms with Crippen molar-refractivity contribution in [2.75, 3.05) is 0 Å². The lowest BCUT2D eigenvalue weighted by atomic mass is 10.0. The summed E-state index contributed by atoms with van der Waals surface area (Å²) in [5.41, 5.74) is 3.81. The molecule has 0 fully saturated rings. The number of benzene rings is 1. The van der Waals surface area contributed by atoms with Gasteiger partial charge in [0.1, 0.15) is 0 Å². The zero-order valence-electron chi connectivity index (χ0n) is 9.95. The molecule has 0 aliphatic carbocycles. The van der Waals surface area contributed by atoms with E-state index >= 15 is 0 Å². The Labute approximate surface area is 114 Å². The summed E-state index contributed by atoms with van der Waals surface area (Å²) in [7, 11) is 0. The van der Waals surface area contributed by atoms with E-state index in [1.807, 2.05) is 0 Å². The number of aliphatic carboxylic acids is 1. The second kappa shape index (κ2) is 4.43. The largest absolute Gasteiger partial charge is 0.481 e. The Morgan fingerprint density at radius 2 is 2.28 bits per heavy atom. The number of hydrogen-bond acceptors (Lipinski definition) is 1. The number of carboxylic acids is 1. The topological polar surface area (TPSA) is 42.2 Å². The fourth-order valence-corrected chi connectivity index (χ4v) is 3.31. The van der Waals surface area contributed by atoms with Gasteiger partial charge in [-0.25, -0.2) is 0 Å². The van der Waals surface area contributed by atoms with Gasteiger partial charge in [-0.2, -0.15) is 0 Å². The van der Waals surface area contributed by atoms with Gasteiger partial charge in [0.2, 0.25) is 0 Å². The maximum Gasteiger partial charge on any atom is 0.303 e. The minimum Gasteiger partial charge on any atom is -0.481 e. The van der Waals surface area contributed by atoms with Gasteiger partial charge in [-0.15, -0.1) is 0 Å². The van der Waals surface area contributed by atoms with Crippen LogP contribution >= 0.6 is 15.9 Å². The van der Waals surface area contributed by atoms with Crippen molar-refractivity contribution in [1.82, 2.24) is 4.57 Å². The molecule has 2 aromatic rings. The summed E-state index contributed by atoms with van der Waals surface area (Å²) in [6.07, 6.45) is 5.20. The maximum atomic E-state index is 10.7. The molecule has 1 aliphatic heterocycles. The number of carbonyl (C=O) groups is 1. The molecule has 18 heavy (non-hydrogen) atoms. The van der Waals surface area contributed by atoms with Crippen LogP contribution in [-0.2, 0) is 24.2 Å². The van der Waals surface area contributed by atoms with E-state index in [0.717, 1.165) is 29.4 Å². The third-order valence-corrected chi connectivity index (χ3v) is 4.01. The first-order valence-electron chi connectivity index (χ1n) is 6.17. The Morgan fingerprint density at radius 3 is 3.06 bits per heavy atom. The number of nitrogens with zero attached hydrogens (tertiary/aromatic N) is 1. The molecule has 1 aliphatic rings. The Hall–Kier alpha value is -1.29. The molecule has 1 aromatic heterocycles. The normalized spacial score (nSPS) is 14.1. The quantitative estimate of drug-likeness (QED) is 0.944. The lowest BCUT2D eigenvalue weighted by Crippen LogP contribution is -2.06. The molecule has 3 nitrogen and oxygen atoms in total. The van der Waals surface area contributed by atoms with Crippen LogP contribution in [-0.4, -0.2) is 15.6 Å². The maximum absolute atomic E-state index is 10.7. The van der Waals surface area contributed by atoms with Crippen LogP contribution in [0, 0.1) is 0 Å². The number of rotatable bonds is 3. The summed E-state index contributed by atoms with van der Waals surface area (Å²) in [6.45, 7) is 1.04.